The third-order valence-electron chi connectivity index (χ3n) is 11.1. The van der Waals surface area contributed by atoms with E-state index in [1.54, 1.807) is 43.5 Å². The van der Waals surface area contributed by atoms with Crippen LogP contribution in [0.3, 0.4) is 0 Å². The van der Waals surface area contributed by atoms with Crippen LogP contribution in [0, 0.1) is 52.4 Å². The van der Waals surface area contributed by atoms with Crippen molar-refractivity contribution in [1.82, 2.24) is 75.0 Å². The molecule has 0 atom stereocenters. The Morgan fingerprint density at radius 3 is 1.54 bits per heavy atom. The molecule has 1 aliphatic rings. The molecule has 0 bridgehead atoms. The van der Waals surface area contributed by atoms with Crippen LogP contribution in [0.5, 0.6) is 0 Å². The number of anilines is 2. The summed E-state index contributed by atoms with van der Waals surface area (Å²) in [6, 6.07) is 24.4. The minimum Gasteiger partial charge on any atom is -0.385 e. The second-order valence-corrected chi connectivity index (χ2v) is 17.4. The normalized spacial score (nSPS) is 10.6. The number of aromatic amines is 2. The molecule has 0 spiro atoms. The van der Waals surface area contributed by atoms with Crippen molar-refractivity contribution in [2.75, 3.05) is 36.8 Å². The number of imidazole rings is 2. The molecule has 7 N–H and O–H groups in total. The minimum atomic E-state index is 0. The summed E-state index contributed by atoms with van der Waals surface area (Å²) in [7, 11) is 0. The Hall–Kier alpha value is -9.08. The van der Waals surface area contributed by atoms with Crippen molar-refractivity contribution < 1.29 is 0 Å². The van der Waals surface area contributed by atoms with E-state index in [0.29, 0.717) is 23.3 Å². The number of nitrogens with zero attached hydrogens (tertiary/aromatic N) is 15. The van der Waals surface area contributed by atoms with Gasteiger partial charge in [-0.15, -0.1) is 10.2 Å². The largest absolute Gasteiger partial charge is 0.385 e. The topological polar surface area (TPSA) is 283 Å². The number of hydrogen-bond donors (Lipinski definition) is 7. The van der Waals surface area contributed by atoms with Crippen LogP contribution >= 0.6 is 0 Å². The highest BCUT2D eigenvalue weighted by Crippen LogP contribution is 2.22. The van der Waals surface area contributed by atoms with Crippen molar-refractivity contribution in [3.05, 3.63) is 149 Å². The zero-order chi connectivity index (χ0) is 60.0. The van der Waals surface area contributed by atoms with Crippen molar-refractivity contribution in [2.45, 2.75) is 153 Å². The van der Waals surface area contributed by atoms with Gasteiger partial charge in [-0.1, -0.05) is 76.9 Å². The van der Waals surface area contributed by atoms with E-state index in [1.165, 1.54) is 23.1 Å². The molecule has 458 valence electrons. The van der Waals surface area contributed by atoms with Gasteiger partial charge in [0.2, 0.25) is 11.9 Å². The molecule has 84 heavy (non-hydrogen) atoms. The highest BCUT2D eigenvalue weighted by atomic mass is 15.6. The van der Waals surface area contributed by atoms with Crippen LogP contribution in [-0.2, 0) is 19.6 Å². The predicted octanol–water partition coefficient (Wildman–Crippen LogP) is 13.6. The molecule has 3 aromatic carbocycles. The smallest absolute Gasteiger partial charge is 0.244 e. The van der Waals surface area contributed by atoms with Crippen molar-refractivity contribution in [2.24, 2.45) is 15.0 Å². The average molecular weight is 1150 g/mol. The summed E-state index contributed by atoms with van der Waals surface area (Å²) in [5, 5.41) is 46.2. The van der Waals surface area contributed by atoms with Gasteiger partial charge in [-0.3, -0.25) is 9.67 Å². The third-order valence-corrected chi connectivity index (χ3v) is 11.1. The first-order valence-electron chi connectivity index (χ1n) is 27.2. The summed E-state index contributed by atoms with van der Waals surface area (Å²) in [5.41, 5.74) is 10.3. The fraction of sp³-hybridized carbons (Fsp3) is 0.419. The first-order chi connectivity index (χ1) is 39.0. The Kier molecular flexibility index (Phi) is 40.8. The zero-order valence-electron chi connectivity index (χ0n) is 50.6. The van der Waals surface area contributed by atoms with E-state index < -0.39 is 0 Å². The Bertz CT molecular complexity index is 3020. The molecule has 8 aromatic rings. The summed E-state index contributed by atoms with van der Waals surface area (Å²) < 4.78 is 4.10. The van der Waals surface area contributed by atoms with Gasteiger partial charge in [0.15, 0.2) is 5.82 Å². The van der Waals surface area contributed by atoms with Crippen molar-refractivity contribution in [1.29, 1.82) is 10.8 Å². The lowest BCUT2D eigenvalue weighted by Crippen LogP contribution is -2.15. The van der Waals surface area contributed by atoms with Crippen LogP contribution in [0.4, 0.5) is 23.3 Å². The number of hydrogen-bond acceptors (Lipinski definition) is 17. The highest BCUT2D eigenvalue weighted by Gasteiger charge is 2.04. The van der Waals surface area contributed by atoms with Gasteiger partial charge in [0, 0.05) is 86.0 Å². The third kappa shape index (κ3) is 30.1. The van der Waals surface area contributed by atoms with Gasteiger partial charge in [-0.25, -0.2) is 30.0 Å². The van der Waals surface area contributed by atoms with Crippen molar-refractivity contribution in [3.63, 3.8) is 0 Å². The quantitative estimate of drug-likeness (QED) is 0.0531. The van der Waals surface area contributed by atoms with E-state index in [1.807, 2.05) is 109 Å². The second kappa shape index (κ2) is 44.6. The average Bonchev–Trinajstić information content (AvgIpc) is 4.49. The number of H-pyrrole nitrogens is 2. The van der Waals surface area contributed by atoms with Gasteiger partial charge >= 0.3 is 0 Å². The first-order valence-corrected chi connectivity index (χ1v) is 27.2. The molecular formula is C62H100N22. The fourth-order valence-corrected chi connectivity index (χ4v) is 7.06. The Morgan fingerprint density at radius 1 is 0.655 bits per heavy atom. The first kappa shape index (κ1) is 77.0. The van der Waals surface area contributed by atoms with Crippen molar-refractivity contribution >= 4 is 53.0 Å². The fourth-order valence-electron chi connectivity index (χ4n) is 7.06. The Balaban J connectivity index is 0. The van der Waals surface area contributed by atoms with Crippen molar-refractivity contribution in [3.8, 4) is 11.1 Å². The standard InChI is InChI=1S/C16H18N2.C10H14N2.C8H14N2.C6H11N3.C6H10N2.C5H7N3.C4H8N4.C4H6N4.3CH4/c1-3-18-16-10-8-15(9-11-16)14-6-4-13(5-7-14)12(2)17;1-3-12-10-6-4-9(5-7-10)8(2)11;1-5-10-7(3)6(2)9-8(10)4;1-4-9-6(3)7-5(2)8-9;1-2-3-6-7-4-5-8-6;1-2-6-5-7-3-4-8-5;1-3-8-6-4(2)5-7-8;1-2-5-4-6-3-7-8-4;;;/h4-11,17-18H,3H2,1-2H3;4-7,11-12H,3H2,1-2H3;5H2,1-4H3;4H2,1-3H3;2-3H,4-5H2,1H3,(H,7,8);2-4H,1H3,(H,7,8);3H2,1-2H3;2-3H,1H3,(H,6,7,8);3*1H4/b;;;;3-2+;;;;;;. The maximum Gasteiger partial charge on any atom is 0.244 e. The molecule has 0 unspecified atom stereocenters. The van der Waals surface area contributed by atoms with Crippen LogP contribution in [0.1, 0.15) is 137 Å². The summed E-state index contributed by atoms with van der Waals surface area (Å²) in [5.74, 6) is 5.93. The van der Waals surface area contributed by atoms with Crippen LogP contribution in [0.2, 0.25) is 0 Å². The molecule has 0 saturated carbocycles. The summed E-state index contributed by atoms with van der Waals surface area (Å²) in [4.78, 5) is 32.3. The molecule has 9 rings (SSSR count). The van der Waals surface area contributed by atoms with E-state index in [0.717, 1.165) is 103 Å². The number of amidine groups is 1. The summed E-state index contributed by atoms with van der Waals surface area (Å²) >= 11 is 0. The molecule has 0 radical (unpaired) electrons. The molecule has 22 heteroatoms. The lowest BCUT2D eigenvalue weighted by Gasteiger charge is -2.06. The van der Waals surface area contributed by atoms with E-state index in [-0.39, 0.29) is 22.3 Å². The number of aliphatic imine (C=N–C) groups is 3. The zero-order valence-corrected chi connectivity index (χ0v) is 50.6. The SMILES string of the molecule is C.C.C.C/C=C/C1=NCCN1.CC=Nc1ncc[nH]1.CC=Nc1ncn[nH]1.CCNc1ccc(-c2ccc(C(C)=N)cc2)cc1.CCNc1ccc(C(C)=N)cc1.CCn1c(C)nc(C)c1C.CCn1nc(C)nc1C.CCn1nnc(C)n1. The van der Waals surface area contributed by atoms with Gasteiger partial charge < -0.3 is 36.3 Å². The van der Waals surface area contributed by atoms with Gasteiger partial charge in [-0.2, -0.15) is 20.0 Å². The number of allylic oxidation sites excluding steroid dienone is 1. The molecule has 0 amide bonds. The van der Waals surface area contributed by atoms with E-state index in [2.05, 4.69) is 169 Å². The van der Waals surface area contributed by atoms with E-state index in [4.69, 9.17) is 10.8 Å². The molecule has 6 heterocycles. The van der Waals surface area contributed by atoms with E-state index in [9.17, 15) is 0 Å². The van der Waals surface area contributed by atoms with Gasteiger partial charge in [0.1, 0.15) is 29.6 Å². The minimum absolute atomic E-state index is 0. The number of benzene rings is 3. The predicted molar refractivity (Wildman–Crippen MR) is 355 cm³/mol. The van der Waals surface area contributed by atoms with Gasteiger partial charge in [0.05, 0.1) is 18.8 Å². The lowest BCUT2D eigenvalue weighted by atomic mass is 10.0. The monoisotopic (exact) mass is 1150 g/mol. The molecule has 22 nitrogen and oxygen atoms in total. The lowest BCUT2D eigenvalue weighted by molar-refractivity contribution is 0.551. The molecule has 0 saturated heterocycles. The van der Waals surface area contributed by atoms with Gasteiger partial charge in [0.25, 0.3) is 0 Å². The summed E-state index contributed by atoms with van der Waals surface area (Å²) in [6.07, 6.45) is 12.1. The van der Waals surface area contributed by atoms with Gasteiger partial charge in [-0.05, 0) is 169 Å². The Morgan fingerprint density at radius 2 is 1.20 bits per heavy atom. The van der Waals surface area contributed by atoms with Crippen LogP contribution in [0.15, 0.2) is 119 Å². The maximum atomic E-state index is 7.58. The Labute approximate surface area is 501 Å². The molecular weight excluding hydrogens is 1050 g/mol. The number of aryl methyl sites for hydroxylation is 7. The molecule has 0 aliphatic carbocycles. The van der Waals surface area contributed by atoms with Crippen LogP contribution in [0.25, 0.3) is 11.1 Å². The second-order valence-electron chi connectivity index (χ2n) is 17.4. The summed E-state index contributed by atoms with van der Waals surface area (Å²) in [6.45, 7) is 38.0. The van der Waals surface area contributed by atoms with Crippen LogP contribution in [-0.4, -0.2) is 126 Å². The maximum absolute atomic E-state index is 7.58. The van der Waals surface area contributed by atoms with Crippen LogP contribution < -0.4 is 16.0 Å². The molecule has 5 aromatic heterocycles. The number of aromatic nitrogens is 14. The van der Waals surface area contributed by atoms with E-state index >= 15 is 0 Å². The molecule has 1 aliphatic heterocycles. The number of rotatable bonds is 13. The highest BCUT2D eigenvalue weighted by molar-refractivity contribution is 5.97. The molecule has 0 fully saturated rings. The number of nitrogens with one attached hydrogen (secondary N) is 7. The number of tetrazole rings is 1.